The zero-order chi connectivity index (χ0) is 20.4. The van der Waals surface area contributed by atoms with Crippen LogP contribution >= 0.6 is 0 Å². The summed E-state index contributed by atoms with van der Waals surface area (Å²) < 4.78 is 42.7. The molecule has 0 amide bonds. The number of carbonyl (C=O) groups excluding carboxylic acids is 2. The van der Waals surface area contributed by atoms with Crippen LogP contribution in [-0.2, 0) is 28.5 Å². The Morgan fingerprint density at radius 2 is 1.63 bits per heavy atom. The molecule has 2 aromatic carbocycles. The first-order chi connectivity index (χ1) is 12.6. The molecule has 0 heterocycles. The Morgan fingerprint density at radius 3 is 2.11 bits per heavy atom. The molecule has 0 unspecified atom stereocenters. The number of hydrogen-bond acceptors (Lipinski definition) is 5. The second-order valence-corrected chi connectivity index (χ2v) is 5.76. The first-order valence-corrected chi connectivity index (χ1v) is 7.95. The van der Waals surface area contributed by atoms with E-state index in [1.54, 1.807) is 6.92 Å². The Balaban J connectivity index is 2.59. The van der Waals surface area contributed by atoms with Gasteiger partial charge in [-0.05, 0) is 29.7 Å². The fourth-order valence-electron chi connectivity index (χ4n) is 2.76. The summed E-state index contributed by atoms with van der Waals surface area (Å²) in [6.07, 6.45) is -4.68. The SMILES string of the molecule is CCc1c(O)cc(O)c(C(=O)c2ccc(C(F)(F)F)cc2)c1CC(=O)OC. The number of carbonyl (C=O) groups is 2. The predicted octanol–water partition coefficient (Wildman–Crippen LogP) is 3.63. The molecule has 8 heteroatoms. The normalized spacial score (nSPS) is 11.3. The van der Waals surface area contributed by atoms with Crippen molar-refractivity contribution in [2.45, 2.75) is 25.9 Å². The molecule has 0 radical (unpaired) electrons. The fraction of sp³-hybridized carbons (Fsp3) is 0.263. The van der Waals surface area contributed by atoms with Gasteiger partial charge in [0.05, 0.1) is 24.7 Å². The van der Waals surface area contributed by atoms with Crippen molar-refractivity contribution in [1.82, 2.24) is 0 Å². The second-order valence-electron chi connectivity index (χ2n) is 5.76. The van der Waals surface area contributed by atoms with Crippen LogP contribution in [0.5, 0.6) is 11.5 Å². The van der Waals surface area contributed by atoms with Crippen LogP contribution in [0, 0.1) is 0 Å². The minimum Gasteiger partial charge on any atom is -0.508 e. The smallest absolute Gasteiger partial charge is 0.416 e. The first-order valence-electron chi connectivity index (χ1n) is 7.95. The van der Waals surface area contributed by atoms with Gasteiger partial charge in [-0.1, -0.05) is 19.1 Å². The van der Waals surface area contributed by atoms with Crippen molar-refractivity contribution in [3.05, 3.63) is 58.1 Å². The predicted molar refractivity (Wildman–Crippen MR) is 89.7 cm³/mol. The summed E-state index contributed by atoms with van der Waals surface area (Å²) in [6.45, 7) is 1.68. The molecule has 5 nitrogen and oxygen atoms in total. The van der Waals surface area contributed by atoms with Gasteiger partial charge < -0.3 is 14.9 Å². The molecule has 2 aromatic rings. The Labute approximate surface area is 153 Å². The second kappa shape index (κ2) is 7.69. The van der Waals surface area contributed by atoms with Crippen molar-refractivity contribution in [3.8, 4) is 11.5 Å². The highest BCUT2D eigenvalue weighted by molar-refractivity contribution is 6.12. The third-order valence-corrected chi connectivity index (χ3v) is 4.11. The van der Waals surface area contributed by atoms with Crippen molar-refractivity contribution >= 4 is 11.8 Å². The van der Waals surface area contributed by atoms with Crippen molar-refractivity contribution in [2.75, 3.05) is 7.11 Å². The van der Waals surface area contributed by atoms with Gasteiger partial charge in [-0.2, -0.15) is 13.2 Å². The average molecular weight is 382 g/mol. The van der Waals surface area contributed by atoms with Gasteiger partial charge in [-0.3, -0.25) is 9.59 Å². The van der Waals surface area contributed by atoms with Gasteiger partial charge in [-0.15, -0.1) is 0 Å². The number of methoxy groups -OCH3 is 1. The van der Waals surface area contributed by atoms with E-state index in [2.05, 4.69) is 4.74 Å². The molecule has 2 rings (SSSR count). The molecule has 0 saturated carbocycles. The third-order valence-electron chi connectivity index (χ3n) is 4.11. The number of alkyl halides is 3. The number of phenolic OH excluding ortho intramolecular Hbond substituents is 2. The lowest BCUT2D eigenvalue weighted by atomic mass is 9.90. The van der Waals surface area contributed by atoms with Crippen LogP contribution in [0.2, 0.25) is 0 Å². The monoisotopic (exact) mass is 382 g/mol. The minimum atomic E-state index is -4.55. The number of aromatic hydroxyl groups is 2. The zero-order valence-corrected chi connectivity index (χ0v) is 14.6. The summed E-state index contributed by atoms with van der Waals surface area (Å²) in [7, 11) is 1.15. The summed E-state index contributed by atoms with van der Waals surface area (Å²) in [5.41, 5.74) is -0.926. The van der Waals surface area contributed by atoms with Gasteiger partial charge in [0.1, 0.15) is 11.5 Å². The Morgan fingerprint density at radius 1 is 1.04 bits per heavy atom. The van der Waals surface area contributed by atoms with Crippen molar-refractivity contribution in [1.29, 1.82) is 0 Å². The number of halogens is 3. The van der Waals surface area contributed by atoms with Crippen LogP contribution in [0.3, 0.4) is 0 Å². The molecule has 0 saturated heterocycles. The highest BCUT2D eigenvalue weighted by atomic mass is 19.4. The molecule has 0 bridgehead atoms. The molecule has 2 N–H and O–H groups in total. The number of phenols is 2. The maximum absolute atomic E-state index is 12.8. The van der Waals surface area contributed by atoms with Gasteiger partial charge >= 0.3 is 12.1 Å². The van der Waals surface area contributed by atoms with Crippen LogP contribution in [-0.4, -0.2) is 29.1 Å². The molecule has 0 spiro atoms. The molecular weight excluding hydrogens is 365 g/mol. The van der Waals surface area contributed by atoms with Crippen molar-refractivity contribution in [2.24, 2.45) is 0 Å². The van der Waals surface area contributed by atoms with Crippen molar-refractivity contribution < 1.29 is 37.7 Å². The number of hydrogen-bond donors (Lipinski definition) is 2. The van der Waals surface area contributed by atoms with Crippen LogP contribution in [0.1, 0.15) is 39.5 Å². The van der Waals surface area contributed by atoms with E-state index in [0.29, 0.717) is 0 Å². The number of ether oxygens (including phenoxy) is 1. The van der Waals surface area contributed by atoms with E-state index < -0.39 is 29.2 Å². The van der Waals surface area contributed by atoms with E-state index in [1.165, 1.54) is 0 Å². The molecule has 0 aliphatic rings. The Hall–Kier alpha value is -3.03. The summed E-state index contributed by atoms with van der Waals surface area (Å²) >= 11 is 0. The number of benzene rings is 2. The highest BCUT2D eigenvalue weighted by Crippen LogP contribution is 2.35. The van der Waals surface area contributed by atoms with Gasteiger partial charge in [-0.25, -0.2) is 0 Å². The lowest BCUT2D eigenvalue weighted by molar-refractivity contribution is -0.140. The quantitative estimate of drug-likeness (QED) is 0.610. The van der Waals surface area contributed by atoms with E-state index in [-0.39, 0.29) is 40.8 Å². The van der Waals surface area contributed by atoms with Gasteiger partial charge in [0, 0.05) is 11.6 Å². The van der Waals surface area contributed by atoms with Gasteiger partial charge in [0.25, 0.3) is 0 Å². The zero-order valence-electron chi connectivity index (χ0n) is 14.6. The molecule has 144 valence electrons. The maximum Gasteiger partial charge on any atom is 0.416 e. The van der Waals surface area contributed by atoms with Crippen LogP contribution < -0.4 is 0 Å². The third kappa shape index (κ3) is 4.21. The lowest BCUT2D eigenvalue weighted by Gasteiger charge is -2.16. The number of rotatable bonds is 5. The molecule has 0 aliphatic heterocycles. The van der Waals surface area contributed by atoms with Crippen LogP contribution in [0.4, 0.5) is 13.2 Å². The Bertz CT molecular complexity index is 870. The van der Waals surface area contributed by atoms with E-state index in [9.17, 15) is 33.0 Å². The minimum absolute atomic E-state index is 0.0757. The average Bonchev–Trinajstić information content (AvgIpc) is 2.60. The summed E-state index contributed by atoms with van der Waals surface area (Å²) in [6, 6.07) is 4.46. The number of ketones is 1. The van der Waals surface area contributed by atoms with Crippen LogP contribution in [0.15, 0.2) is 30.3 Å². The molecule has 0 fully saturated rings. The van der Waals surface area contributed by atoms with Gasteiger partial charge in [0.2, 0.25) is 0 Å². The maximum atomic E-state index is 12.8. The Kier molecular flexibility index (Phi) is 5.78. The van der Waals surface area contributed by atoms with Crippen molar-refractivity contribution in [3.63, 3.8) is 0 Å². The van der Waals surface area contributed by atoms with Gasteiger partial charge in [0.15, 0.2) is 5.78 Å². The van der Waals surface area contributed by atoms with E-state index in [0.717, 1.165) is 37.4 Å². The fourth-order valence-corrected chi connectivity index (χ4v) is 2.76. The molecule has 27 heavy (non-hydrogen) atoms. The standard InChI is InChI=1S/C19H17F3O5/c1-3-12-13(8-16(25)27-2)17(15(24)9-14(12)23)18(26)10-4-6-11(7-5-10)19(20,21)22/h4-7,9,23-24H,3,8H2,1-2H3. The molecule has 0 aromatic heterocycles. The van der Waals surface area contributed by atoms with E-state index >= 15 is 0 Å². The molecule has 0 atom stereocenters. The molecule has 0 aliphatic carbocycles. The largest absolute Gasteiger partial charge is 0.508 e. The summed E-state index contributed by atoms with van der Waals surface area (Å²) in [5.74, 6) is -2.34. The summed E-state index contributed by atoms with van der Waals surface area (Å²) in [5, 5.41) is 20.2. The first kappa shape index (κ1) is 20.3. The van der Waals surface area contributed by atoms with E-state index in [4.69, 9.17) is 0 Å². The van der Waals surface area contributed by atoms with Crippen LogP contribution in [0.25, 0.3) is 0 Å². The van der Waals surface area contributed by atoms with E-state index in [1.807, 2.05) is 0 Å². The topological polar surface area (TPSA) is 83.8 Å². The highest BCUT2D eigenvalue weighted by Gasteiger charge is 2.31. The summed E-state index contributed by atoms with van der Waals surface area (Å²) in [4.78, 5) is 24.5. The lowest BCUT2D eigenvalue weighted by Crippen LogP contribution is -2.14. The number of esters is 1. The molecular formula is C19H17F3O5.